The summed E-state index contributed by atoms with van der Waals surface area (Å²) in [5.74, 6) is 0.395. The lowest BCUT2D eigenvalue weighted by Crippen LogP contribution is -2.50. The second-order valence-electron chi connectivity index (χ2n) is 5.66. The number of carbonyl (C=O) groups excluding carboxylic acids is 2. The van der Waals surface area contributed by atoms with Crippen molar-refractivity contribution in [2.24, 2.45) is 5.92 Å². The second-order valence-corrected chi connectivity index (χ2v) is 5.66. The van der Waals surface area contributed by atoms with E-state index in [1.54, 1.807) is 12.1 Å². The van der Waals surface area contributed by atoms with Crippen LogP contribution in [0.3, 0.4) is 0 Å². The van der Waals surface area contributed by atoms with Crippen LogP contribution in [0, 0.1) is 5.92 Å². The first-order chi connectivity index (χ1) is 10.1. The second kappa shape index (κ2) is 7.22. The van der Waals surface area contributed by atoms with Crippen LogP contribution < -0.4 is 16.0 Å². The molecule has 2 amide bonds. The summed E-state index contributed by atoms with van der Waals surface area (Å²) in [6.45, 7) is 5.99. The third-order valence-electron chi connectivity index (χ3n) is 3.90. The Morgan fingerprint density at radius 2 is 2.00 bits per heavy atom. The van der Waals surface area contributed by atoms with Gasteiger partial charge in [0.2, 0.25) is 5.91 Å². The Morgan fingerprint density at radius 3 is 2.62 bits per heavy atom. The molecule has 1 aromatic carbocycles. The summed E-state index contributed by atoms with van der Waals surface area (Å²) < 4.78 is 0. The van der Waals surface area contributed by atoms with Crippen molar-refractivity contribution in [3.8, 4) is 0 Å². The van der Waals surface area contributed by atoms with Gasteiger partial charge < -0.3 is 16.0 Å². The maximum Gasteiger partial charge on any atom is 0.251 e. The van der Waals surface area contributed by atoms with Gasteiger partial charge in [0, 0.05) is 31.6 Å². The first-order valence-electron chi connectivity index (χ1n) is 7.41. The van der Waals surface area contributed by atoms with E-state index in [0.717, 1.165) is 25.1 Å². The van der Waals surface area contributed by atoms with Crippen LogP contribution >= 0.6 is 0 Å². The van der Waals surface area contributed by atoms with Gasteiger partial charge in [-0.25, -0.2) is 0 Å². The van der Waals surface area contributed by atoms with Gasteiger partial charge in [-0.1, -0.05) is 19.1 Å². The number of hydrogen-bond acceptors (Lipinski definition) is 3. The maximum absolute atomic E-state index is 12.2. The Labute approximate surface area is 125 Å². The predicted molar refractivity (Wildman–Crippen MR) is 81.9 cm³/mol. The molecule has 2 rings (SSSR count). The van der Waals surface area contributed by atoms with Crippen molar-refractivity contribution in [1.82, 2.24) is 16.0 Å². The van der Waals surface area contributed by atoms with Crippen LogP contribution in [-0.4, -0.2) is 30.9 Å². The number of nitrogens with one attached hydrogen (secondary N) is 3. The summed E-state index contributed by atoms with van der Waals surface area (Å²) in [6.07, 6.45) is 1.08. The predicted octanol–water partition coefficient (Wildman–Crippen LogP) is 1.05. The number of carbonyl (C=O) groups is 2. The Kier molecular flexibility index (Phi) is 5.33. The summed E-state index contributed by atoms with van der Waals surface area (Å²) in [5.41, 5.74) is 1.63. The fraction of sp³-hybridized carbons (Fsp3) is 0.500. The van der Waals surface area contributed by atoms with E-state index in [-0.39, 0.29) is 17.9 Å². The van der Waals surface area contributed by atoms with Crippen LogP contribution in [0.5, 0.6) is 0 Å². The topological polar surface area (TPSA) is 70.2 Å². The third kappa shape index (κ3) is 4.56. The average Bonchev–Trinajstić information content (AvgIpc) is 2.48. The van der Waals surface area contributed by atoms with Gasteiger partial charge in [0.15, 0.2) is 0 Å². The number of hydrogen-bond donors (Lipinski definition) is 3. The Morgan fingerprint density at radius 1 is 1.29 bits per heavy atom. The lowest BCUT2D eigenvalue weighted by molar-refractivity contribution is -0.119. The molecule has 0 saturated carbocycles. The van der Waals surface area contributed by atoms with Gasteiger partial charge in [0.1, 0.15) is 0 Å². The number of piperidine rings is 1. The van der Waals surface area contributed by atoms with Crippen molar-refractivity contribution in [2.45, 2.75) is 32.9 Å². The molecule has 5 heteroatoms. The molecule has 1 aliphatic rings. The Hall–Kier alpha value is -1.88. The molecule has 21 heavy (non-hydrogen) atoms. The normalized spacial score (nSPS) is 21.6. The van der Waals surface area contributed by atoms with Gasteiger partial charge >= 0.3 is 0 Å². The Balaban J connectivity index is 1.91. The van der Waals surface area contributed by atoms with Crippen molar-refractivity contribution >= 4 is 11.8 Å². The van der Waals surface area contributed by atoms with Gasteiger partial charge in [-0.05, 0) is 36.6 Å². The van der Waals surface area contributed by atoms with E-state index in [1.807, 2.05) is 12.1 Å². The van der Waals surface area contributed by atoms with Crippen molar-refractivity contribution in [3.63, 3.8) is 0 Å². The minimum absolute atomic E-state index is 0.0402. The van der Waals surface area contributed by atoms with E-state index in [4.69, 9.17) is 0 Å². The molecule has 1 fully saturated rings. The zero-order valence-corrected chi connectivity index (χ0v) is 12.6. The zero-order chi connectivity index (χ0) is 15.2. The van der Waals surface area contributed by atoms with Gasteiger partial charge in [0.25, 0.3) is 5.91 Å². The molecule has 0 radical (unpaired) electrons. The molecule has 1 aliphatic heterocycles. The maximum atomic E-state index is 12.2. The highest BCUT2D eigenvalue weighted by Gasteiger charge is 2.22. The van der Waals surface area contributed by atoms with E-state index in [0.29, 0.717) is 18.0 Å². The van der Waals surface area contributed by atoms with Crippen molar-refractivity contribution in [1.29, 1.82) is 0 Å². The van der Waals surface area contributed by atoms with Crippen molar-refractivity contribution in [3.05, 3.63) is 35.4 Å². The van der Waals surface area contributed by atoms with E-state index >= 15 is 0 Å². The third-order valence-corrected chi connectivity index (χ3v) is 3.90. The fourth-order valence-corrected chi connectivity index (χ4v) is 2.44. The smallest absolute Gasteiger partial charge is 0.251 e. The van der Waals surface area contributed by atoms with Crippen LogP contribution in [-0.2, 0) is 11.3 Å². The highest BCUT2D eigenvalue weighted by molar-refractivity contribution is 5.94. The molecule has 1 aromatic rings. The summed E-state index contributed by atoms with van der Waals surface area (Å²) in [4.78, 5) is 23.1. The van der Waals surface area contributed by atoms with E-state index in [2.05, 4.69) is 22.9 Å². The van der Waals surface area contributed by atoms with Crippen LogP contribution in [0.4, 0.5) is 0 Å². The largest absolute Gasteiger partial charge is 0.352 e. The molecule has 0 spiro atoms. The highest BCUT2D eigenvalue weighted by atomic mass is 16.2. The molecule has 1 heterocycles. The van der Waals surface area contributed by atoms with Crippen LogP contribution in [0.15, 0.2) is 24.3 Å². The number of benzene rings is 1. The first-order valence-corrected chi connectivity index (χ1v) is 7.41. The minimum atomic E-state index is -0.0596. The van der Waals surface area contributed by atoms with Gasteiger partial charge in [-0.2, -0.15) is 0 Å². The average molecular weight is 289 g/mol. The summed E-state index contributed by atoms with van der Waals surface area (Å²) in [7, 11) is 0. The molecule has 0 aliphatic carbocycles. The quantitative estimate of drug-likeness (QED) is 0.776. The molecule has 1 saturated heterocycles. The van der Waals surface area contributed by atoms with Crippen molar-refractivity contribution < 1.29 is 9.59 Å². The van der Waals surface area contributed by atoms with Crippen LogP contribution in [0.1, 0.15) is 36.2 Å². The molecule has 2 atom stereocenters. The first kappa shape index (κ1) is 15.5. The van der Waals surface area contributed by atoms with E-state index < -0.39 is 0 Å². The van der Waals surface area contributed by atoms with Crippen LogP contribution in [0.25, 0.3) is 0 Å². The van der Waals surface area contributed by atoms with Crippen molar-refractivity contribution in [2.75, 3.05) is 13.1 Å². The van der Waals surface area contributed by atoms with Gasteiger partial charge in [-0.3, -0.25) is 9.59 Å². The minimum Gasteiger partial charge on any atom is -0.352 e. The summed E-state index contributed by atoms with van der Waals surface area (Å²) in [5, 5.41) is 9.12. The zero-order valence-electron chi connectivity index (χ0n) is 12.6. The molecule has 0 bridgehead atoms. The van der Waals surface area contributed by atoms with E-state index in [1.165, 1.54) is 6.92 Å². The molecule has 5 nitrogen and oxygen atoms in total. The lowest BCUT2D eigenvalue weighted by Gasteiger charge is -2.30. The van der Waals surface area contributed by atoms with Crippen LogP contribution in [0.2, 0.25) is 0 Å². The molecular weight excluding hydrogens is 266 g/mol. The molecular formula is C16H23N3O2. The monoisotopic (exact) mass is 289 g/mol. The summed E-state index contributed by atoms with van der Waals surface area (Å²) in [6, 6.07) is 7.52. The highest BCUT2D eigenvalue weighted by Crippen LogP contribution is 2.12. The SMILES string of the molecule is CC(=O)NCc1ccc(C(=O)NC2CNCCC2C)cc1. The number of rotatable bonds is 4. The fourth-order valence-electron chi connectivity index (χ4n) is 2.44. The van der Waals surface area contributed by atoms with Gasteiger partial charge in [-0.15, -0.1) is 0 Å². The lowest BCUT2D eigenvalue weighted by atomic mass is 9.94. The molecule has 114 valence electrons. The summed E-state index contributed by atoms with van der Waals surface area (Å²) >= 11 is 0. The standard InChI is InChI=1S/C16H23N3O2/c1-11-7-8-17-10-15(11)19-16(21)14-5-3-13(4-6-14)9-18-12(2)20/h3-6,11,15,17H,7-10H2,1-2H3,(H,18,20)(H,19,21). The van der Waals surface area contributed by atoms with E-state index in [9.17, 15) is 9.59 Å². The number of amides is 2. The molecule has 0 aromatic heterocycles. The van der Waals surface area contributed by atoms with Gasteiger partial charge in [0.05, 0.1) is 0 Å². The Bertz CT molecular complexity index is 499. The molecule has 3 N–H and O–H groups in total. The molecule has 2 unspecified atom stereocenters.